The molecule has 2 N–H and O–H groups in total. The van der Waals surface area contributed by atoms with Crippen LogP contribution in [0.25, 0.3) is 0 Å². The van der Waals surface area contributed by atoms with E-state index in [0.717, 1.165) is 5.69 Å². The average Bonchev–Trinajstić information content (AvgIpc) is 3.10. The average molecular weight is 327 g/mol. The Labute approximate surface area is 141 Å². The van der Waals surface area contributed by atoms with Crippen LogP contribution >= 0.6 is 0 Å². The molecule has 0 saturated heterocycles. The van der Waals surface area contributed by atoms with Crippen molar-refractivity contribution >= 4 is 11.6 Å². The molecule has 0 radical (unpaired) electrons. The summed E-state index contributed by atoms with van der Waals surface area (Å²) in [7, 11) is 0. The number of carbonyl (C=O) groups is 1. The fourth-order valence-corrected chi connectivity index (χ4v) is 3.06. The molecule has 0 atom stereocenters. The summed E-state index contributed by atoms with van der Waals surface area (Å²) in [6.45, 7) is 0.389. The molecule has 24 heavy (non-hydrogen) atoms. The van der Waals surface area contributed by atoms with Gasteiger partial charge in [0.15, 0.2) is 0 Å². The maximum atomic E-state index is 13.6. The van der Waals surface area contributed by atoms with Gasteiger partial charge in [-0.15, -0.1) is 0 Å². The Balaban J connectivity index is 1.53. The molecule has 0 aliphatic heterocycles. The van der Waals surface area contributed by atoms with E-state index in [4.69, 9.17) is 0 Å². The van der Waals surface area contributed by atoms with Gasteiger partial charge < -0.3 is 10.6 Å². The summed E-state index contributed by atoms with van der Waals surface area (Å²) in [5.41, 5.74) is 2.00. The fraction of sp³-hybridized carbons (Fsp3) is 0.368. The number of rotatable bonds is 6. The Morgan fingerprint density at radius 2 is 2.00 bits per heavy atom. The number of halogens is 1. The molecule has 0 spiro atoms. The van der Waals surface area contributed by atoms with Gasteiger partial charge in [-0.05, 0) is 37.0 Å². The number of aromatic nitrogens is 1. The molecule has 1 aliphatic carbocycles. The Morgan fingerprint density at radius 1 is 1.21 bits per heavy atom. The van der Waals surface area contributed by atoms with Crippen molar-refractivity contribution in [1.29, 1.82) is 0 Å². The molecule has 4 nitrogen and oxygen atoms in total. The summed E-state index contributed by atoms with van der Waals surface area (Å²) in [4.78, 5) is 16.4. The van der Waals surface area contributed by atoms with Crippen LogP contribution in [0.4, 0.5) is 10.1 Å². The lowest BCUT2D eigenvalue weighted by Crippen LogP contribution is -2.26. The summed E-state index contributed by atoms with van der Waals surface area (Å²) >= 11 is 0. The molecule has 1 aromatic carbocycles. The molecule has 3 rings (SSSR count). The number of amides is 1. The monoisotopic (exact) mass is 327 g/mol. The highest BCUT2D eigenvalue weighted by atomic mass is 19.1. The lowest BCUT2D eigenvalue weighted by Gasteiger charge is -2.13. The minimum atomic E-state index is -0.240. The number of hydrogen-bond donors (Lipinski definition) is 2. The molecular weight excluding hydrogens is 305 g/mol. The zero-order chi connectivity index (χ0) is 16.8. The number of nitrogens with one attached hydrogen (secondary N) is 2. The Kier molecular flexibility index (Phi) is 5.41. The molecule has 1 fully saturated rings. The largest absolute Gasteiger partial charge is 0.381 e. The summed E-state index contributed by atoms with van der Waals surface area (Å²) in [6.07, 6.45) is 8.60. The van der Waals surface area contributed by atoms with E-state index >= 15 is 0 Å². The first-order valence-corrected chi connectivity index (χ1v) is 8.45. The third kappa shape index (κ3) is 4.31. The number of benzene rings is 1. The van der Waals surface area contributed by atoms with Gasteiger partial charge in [0.25, 0.3) is 5.91 Å². The number of anilines is 1. The van der Waals surface area contributed by atoms with Crippen LogP contribution in [0.2, 0.25) is 0 Å². The molecule has 1 amide bonds. The van der Waals surface area contributed by atoms with Crippen molar-refractivity contribution in [3.05, 3.63) is 59.7 Å². The highest BCUT2D eigenvalue weighted by Crippen LogP contribution is 2.22. The van der Waals surface area contributed by atoms with Crippen LogP contribution in [-0.4, -0.2) is 23.5 Å². The van der Waals surface area contributed by atoms with Gasteiger partial charge in [0, 0.05) is 25.0 Å². The normalized spacial score (nSPS) is 14.5. The van der Waals surface area contributed by atoms with E-state index in [1.165, 1.54) is 31.7 Å². The molecule has 1 aliphatic rings. The number of hydrogen-bond acceptors (Lipinski definition) is 3. The lowest BCUT2D eigenvalue weighted by atomic mass is 10.1. The van der Waals surface area contributed by atoms with Crippen LogP contribution in [0.15, 0.2) is 42.7 Å². The summed E-state index contributed by atoms with van der Waals surface area (Å²) in [5.74, 6) is -0.426. The van der Waals surface area contributed by atoms with Gasteiger partial charge in [-0.3, -0.25) is 9.78 Å². The second kappa shape index (κ2) is 7.90. The Hall–Kier alpha value is -2.43. The van der Waals surface area contributed by atoms with Crippen molar-refractivity contribution < 1.29 is 9.18 Å². The third-order valence-electron chi connectivity index (χ3n) is 4.36. The number of carbonyl (C=O) groups excluding carboxylic acids is 1. The Bertz CT molecular complexity index is 699. The first kappa shape index (κ1) is 16.4. The van der Waals surface area contributed by atoms with E-state index in [1.807, 2.05) is 6.07 Å². The maximum absolute atomic E-state index is 13.6. The van der Waals surface area contributed by atoms with Gasteiger partial charge in [-0.1, -0.05) is 31.0 Å². The lowest BCUT2D eigenvalue weighted by molar-refractivity contribution is 0.0953. The number of nitrogens with zero attached hydrogens (tertiary/aromatic N) is 1. The van der Waals surface area contributed by atoms with Crippen LogP contribution < -0.4 is 10.6 Å². The molecule has 1 aromatic heterocycles. The smallest absolute Gasteiger partial charge is 0.252 e. The minimum absolute atomic E-state index is 0.186. The molecule has 1 heterocycles. The van der Waals surface area contributed by atoms with Gasteiger partial charge in [0.1, 0.15) is 5.82 Å². The molecular formula is C19H22FN3O. The van der Waals surface area contributed by atoms with E-state index in [9.17, 15) is 9.18 Å². The molecule has 126 valence electrons. The zero-order valence-corrected chi connectivity index (χ0v) is 13.6. The predicted octanol–water partition coefficient (Wildman–Crippen LogP) is 3.55. The molecule has 2 aromatic rings. The van der Waals surface area contributed by atoms with Crippen LogP contribution in [0.3, 0.4) is 0 Å². The minimum Gasteiger partial charge on any atom is -0.381 e. The SMILES string of the molecule is O=C(NCCc1ccccc1F)c1cncc(NC2CCCC2)c1. The highest BCUT2D eigenvalue weighted by molar-refractivity contribution is 5.94. The van der Waals surface area contributed by atoms with E-state index in [1.54, 1.807) is 30.6 Å². The van der Waals surface area contributed by atoms with E-state index in [-0.39, 0.29) is 11.7 Å². The molecule has 0 unspecified atom stereocenters. The second-order valence-corrected chi connectivity index (χ2v) is 6.19. The predicted molar refractivity (Wildman–Crippen MR) is 92.6 cm³/mol. The third-order valence-corrected chi connectivity index (χ3v) is 4.36. The van der Waals surface area contributed by atoms with Crippen molar-refractivity contribution in [2.75, 3.05) is 11.9 Å². The second-order valence-electron chi connectivity index (χ2n) is 6.19. The standard InChI is InChI=1S/C19H22FN3O/c20-18-8-4-1-5-14(18)9-10-22-19(24)15-11-17(13-21-12-15)23-16-6-2-3-7-16/h1,4-5,8,11-13,16,23H,2-3,6-7,9-10H2,(H,22,24). The van der Waals surface area contributed by atoms with Crippen LogP contribution in [-0.2, 0) is 6.42 Å². The van der Waals surface area contributed by atoms with E-state index < -0.39 is 0 Å². The van der Waals surface area contributed by atoms with Crippen molar-refractivity contribution in [2.45, 2.75) is 38.1 Å². The number of pyridine rings is 1. The highest BCUT2D eigenvalue weighted by Gasteiger charge is 2.15. The molecule has 0 bridgehead atoms. The first-order chi connectivity index (χ1) is 11.7. The summed E-state index contributed by atoms with van der Waals surface area (Å²) in [6, 6.07) is 8.91. The first-order valence-electron chi connectivity index (χ1n) is 8.45. The van der Waals surface area contributed by atoms with Crippen molar-refractivity contribution in [2.24, 2.45) is 0 Å². The zero-order valence-electron chi connectivity index (χ0n) is 13.6. The summed E-state index contributed by atoms with van der Waals surface area (Å²) < 4.78 is 13.6. The van der Waals surface area contributed by atoms with Crippen molar-refractivity contribution in [1.82, 2.24) is 10.3 Å². The maximum Gasteiger partial charge on any atom is 0.252 e. The van der Waals surface area contributed by atoms with Crippen LogP contribution in [0.5, 0.6) is 0 Å². The van der Waals surface area contributed by atoms with Crippen molar-refractivity contribution in [3.8, 4) is 0 Å². The fourth-order valence-electron chi connectivity index (χ4n) is 3.06. The molecule has 5 heteroatoms. The molecule has 1 saturated carbocycles. The van der Waals surface area contributed by atoms with Crippen LogP contribution in [0.1, 0.15) is 41.6 Å². The topological polar surface area (TPSA) is 54.0 Å². The van der Waals surface area contributed by atoms with Crippen LogP contribution in [0, 0.1) is 5.82 Å². The van der Waals surface area contributed by atoms with Gasteiger partial charge in [0.05, 0.1) is 11.3 Å². The van der Waals surface area contributed by atoms with E-state index in [2.05, 4.69) is 15.6 Å². The van der Waals surface area contributed by atoms with Gasteiger partial charge in [0.2, 0.25) is 0 Å². The van der Waals surface area contributed by atoms with Gasteiger partial charge >= 0.3 is 0 Å². The Morgan fingerprint density at radius 3 is 2.79 bits per heavy atom. The summed E-state index contributed by atoms with van der Waals surface area (Å²) in [5, 5.41) is 6.26. The van der Waals surface area contributed by atoms with E-state index in [0.29, 0.717) is 30.1 Å². The van der Waals surface area contributed by atoms with Gasteiger partial charge in [-0.2, -0.15) is 0 Å². The van der Waals surface area contributed by atoms with Crippen molar-refractivity contribution in [3.63, 3.8) is 0 Å². The van der Waals surface area contributed by atoms with Gasteiger partial charge in [-0.25, -0.2) is 4.39 Å². The quantitative estimate of drug-likeness (QED) is 0.853.